The molecule has 0 spiro atoms. The average molecular weight is 329 g/mol. The Morgan fingerprint density at radius 1 is 0.920 bits per heavy atom. The first kappa shape index (κ1) is 17.2. The Labute approximate surface area is 150 Å². The molecular weight excluding hydrogens is 304 g/mol. The molecule has 0 unspecified atom stereocenters. The van der Waals surface area contributed by atoms with Crippen molar-refractivity contribution in [3.63, 3.8) is 0 Å². The molecule has 126 valence electrons. The van der Waals surface area contributed by atoms with E-state index in [4.69, 9.17) is 4.42 Å². The van der Waals surface area contributed by atoms with Gasteiger partial charge in [-0.1, -0.05) is 56.3 Å². The van der Waals surface area contributed by atoms with Gasteiger partial charge in [-0.05, 0) is 54.7 Å². The first-order chi connectivity index (χ1) is 12.0. The largest absolute Gasteiger partial charge is 0.361 e. The highest BCUT2D eigenvalue weighted by molar-refractivity contribution is 5.80. The molecule has 0 aliphatic heterocycles. The second kappa shape index (κ2) is 7.48. The molecule has 3 rings (SSSR count). The van der Waals surface area contributed by atoms with Gasteiger partial charge in [0.25, 0.3) is 0 Å². The molecule has 25 heavy (non-hydrogen) atoms. The Morgan fingerprint density at radius 3 is 2.36 bits per heavy atom. The SMILES string of the molecule is Cc1cc2ccc(/C(=C\C=C\c3ccccc3)C(C)C)[o+]c2cc1C. The maximum atomic E-state index is 6.22. The summed E-state index contributed by atoms with van der Waals surface area (Å²) in [5.74, 6) is 1.32. The van der Waals surface area contributed by atoms with E-state index in [1.807, 2.05) is 6.07 Å². The van der Waals surface area contributed by atoms with Crippen LogP contribution in [0.2, 0.25) is 0 Å². The molecule has 1 aromatic heterocycles. The van der Waals surface area contributed by atoms with Crippen molar-refractivity contribution in [1.82, 2.24) is 0 Å². The number of fused-ring (bicyclic) bond motifs is 1. The van der Waals surface area contributed by atoms with Crippen molar-refractivity contribution in [2.45, 2.75) is 27.7 Å². The number of benzene rings is 2. The molecule has 1 heteroatoms. The van der Waals surface area contributed by atoms with Gasteiger partial charge < -0.3 is 0 Å². The molecule has 0 fully saturated rings. The van der Waals surface area contributed by atoms with Crippen LogP contribution in [-0.2, 0) is 0 Å². The number of rotatable bonds is 4. The van der Waals surface area contributed by atoms with E-state index in [1.165, 1.54) is 22.3 Å². The molecule has 1 heterocycles. The topological polar surface area (TPSA) is 11.3 Å². The van der Waals surface area contributed by atoms with Crippen molar-refractivity contribution < 1.29 is 4.42 Å². The standard InChI is InChI=1S/C24H25O/c1-17(2)22(12-8-11-20-9-6-5-7-10-20)23-14-13-21-15-18(3)19(4)16-24(21)25-23/h5-17H,1-4H3/q+1/b11-8+,22-12-. The smallest absolute Gasteiger partial charge is 0.207 e. The summed E-state index contributed by atoms with van der Waals surface area (Å²) < 4.78 is 6.22. The molecule has 1 nitrogen and oxygen atoms in total. The molecule has 3 aromatic rings. The lowest BCUT2D eigenvalue weighted by Gasteiger charge is -2.04. The summed E-state index contributed by atoms with van der Waals surface area (Å²) in [5.41, 5.74) is 5.89. The first-order valence-electron chi connectivity index (χ1n) is 8.82. The zero-order valence-corrected chi connectivity index (χ0v) is 15.4. The minimum Gasteiger partial charge on any atom is -0.207 e. The van der Waals surface area contributed by atoms with E-state index >= 15 is 0 Å². The van der Waals surface area contributed by atoms with Crippen LogP contribution in [0.15, 0.2) is 71.2 Å². The molecule has 2 aromatic carbocycles. The summed E-state index contributed by atoms with van der Waals surface area (Å²) in [6.07, 6.45) is 6.38. The minimum atomic E-state index is 0.383. The second-order valence-electron chi connectivity index (χ2n) is 6.82. The van der Waals surface area contributed by atoms with Crippen molar-refractivity contribution in [3.05, 3.63) is 89.2 Å². The Hall–Kier alpha value is -2.67. The highest BCUT2D eigenvalue weighted by Crippen LogP contribution is 2.28. The zero-order valence-electron chi connectivity index (χ0n) is 15.4. The predicted molar refractivity (Wildman–Crippen MR) is 108 cm³/mol. The van der Waals surface area contributed by atoms with Crippen molar-refractivity contribution in [3.8, 4) is 0 Å². The first-order valence-corrected chi connectivity index (χ1v) is 8.82. The van der Waals surface area contributed by atoms with E-state index in [2.05, 4.69) is 94.5 Å². The van der Waals surface area contributed by atoms with Crippen LogP contribution in [0.1, 0.15) is 36.3 Å². The maximum absolute atomic E-state index is 6.22. The number of hydrogen-bond donors (Lipinski definition) is 0. The molecular formula is C24H25O+. The highest BCUT2D eigenvalue weighted by atomic mass is 16.3. The normalized spacial score (nSPS) is 12.4. The lowest BCUT2D eigenvalue weighted by atomic mass is 9.99. The molecule has 0 atom stereocenters. The average Bonchev–Trinajstić information content (AvgIpc) is 2.60. The number of allylic oxidation sites excluding steroid dienone is 3. The third kappa shape index (κ3) is 4.06. The fraction of sp³-hybridized carbons (Fsp3) is 0.208. The number of hydrogen-bond acceptors (Lipinski definition) is 0. The molecule has 0 N–H and O–H groups in total. The van der Waals surface area contributed by atoms with Gasteiger partial charge in [-0.3, -0.25) is 0 Å². The number of aryl methyl sites for hydroxylation is 2. The molecule has 0 bridgehead atoms. The summed E-state index contributed by atoms with van der Waals surface area (Å²) >= 11 is 0. The van der Waals surface area contributed by atoms with Gasteiger partial charge in [-0.2, -0.15) is 0 Å². The quantitative estimate of drug-likeness (QED) is 0.367. The van der Waals surface area contributed by atoms with Gasteiger partial charge in [0, 0.05) is 12.1 Å². The van der Waals surface area contributed by atoms with Crippen molar-refractivity contribution in [2.75, 3.05) is 0 Å². The summed E-state index contributed by atoms with van der Waals surface area (Å²) in [7, 11) is 0. The summed E-state index contributed by atoms with van der Waals surface area (Å²) in [4.78, 5) is 0. The molecule has 0 aliphatic rings. The minimum absolute atomic E-state index is 0.383. The van der Waals surface area contributed by atoms with E-state index < -0.39 is 0 Å². The van der Waals surface area contributed by atoms with Gasteiger partial charge in [0.1, 0.15) is 0 Å². The lowest BCUT2D eigenvalue weighted by molar-refractivity contribution is 0.576. The van der Waals surface area contributed by atoms with Crippen LogP contribution in [-0.4, -0.2) is 0 Å². The Bertz CT molecular complexity index is 931. The maximum Gasteiger partial charge on any atom is 0.361 e. The lowest BCUT2D eigenvalue weighted by Crippen LogP contribution is -1.94. The van der Waals surface area contributed by atoms with Crippen LogP contribution >= 0.6 is 0 Å². The van der Waals surface area contributed by atoms with E-state index in [1.54, 1.807) is 0 Å². The monoisotopic (exact) mass is 329 g/mol. The summed E-state index contributed by atoms with van der Waals surface area (Å²) in [6.45, 7) is 8.65. The van der Waals surface area contributed by atoms with Crippen LogP contribution < -0.4 is 0 Å². The van der Waals surface area contributed by atoms with Crippen LogP contribution in [0.4, 0.5) is 0 Å². The predicted octanol–water partition coefficient (Wildman–Crippen LogP) is 7.08. The summed E-state index contributed by atoms with van der Waals surface area (Å²) in [6, 6.07) is 18.9. The zero-order chi connectivity index (χ0) is 17.8. The molecule has 0 saturated carbocycles. The molecule has 0 aliphatic carbocycles. The molecule has 0 radical (unpaired) electrons. The van der Waals surface area contributed by atoms with E-state index in [9.17, 15) is 0 Å². The van der Waals surface area contributed by atoms with E-state index in [-0.39, 0.29) is 0 Å². The van der Waals surface area contributed by atoms with Gasteiger partial charge in [-0.25, -0.2) is 4.42 Å². The second-order valence-corrected chi connectivity index (χ2v) is 6.82. The van der Waals surface area contributed by atoms with E-state index in [0.717, 1.165) is 16.7 Å². The van der Waals surface area contributed by atoms with Crippen molar-refractivity contribution in [2.24, 2.45) is 5.92 Å². The molecule has 0 saturated heterocycles. The van der Waals surface area contributed by atoms with Gasteiger partial charge in [0.2, 0.25) is 0 Å². The van der Waals surface area contributed by atoms with Gasteiger partial charge >= 0.3 is 11.3 Å². The fourth-order valence-corrected chi connectivity index (χ4v) is 2.89. The van der Waals surface area contributed by atoms with Crippen molar-refractivity contribution >= 4 is 22.6 Å². The van der Waals surface area contributed by atoms with Gasteiger partial charge in [-0.15, -0.1) is 0 Å². The van der Waals surface area contributed by atoms with Crippen LogP contribution in [0, 0.1) is 19.8 Å². The summed E-state index contributed by atoms with van der Waals surface area (Å²) in [5, 5.41) is 1.15. The highest BCUT2D eigenvalue weighted by Gasteiger charge is 2.19. The Balaban J connectivity index is 1.97. The van der Waals surface area contributed by atoms with Gasteiger partial charge in [0.05, 0.1) is 11.0 Å². The Kier molecular flexibility index (Phi) is 5.14. The van der Waals surface area contributed by atoms with Gasteiger partial charge in [0.15, 0.2) is 0 Å². The van der Waals surface area contributed by atoms with Crippen LogP contribution in [0.25, 0.3) is 22.6 Å². The van der Waals surface area contributed by atoms with Crippen LogP contribution in [0.5, 0.6) is 0 Å². The van der Waals surface area contributed by atoms with Crippen LogP contribution in [0.3, 0.4) is 0 Å². The van der Waals surface area contributed by atoms with Crippen molar-refractivity contribution in [1.29, 1.82) is 0 Å². The Morgan fingerprint density at radius 2 is 1.64 bits per heavy atom. The third-order valence-electron chi connectivity index (χ3n) is 4.53. The molecule has 0 amide bonds. The fourth-order valence-electron chi connectivity index (χ4n) is 2.89. The van der Waals surface area contributed by atoms with E-state index in [0.29, 0.717) is 5.92 Å². The third-order valence-corrected chi connectivity index (χ3v) is 4.53.